The normalized spacial score (nSPS) is 22.6. The number of rotatable bonds is 8. The summed E-state index contributed by atoms with van der Waals surface area (Å²) in [6.07, 6.45) is 9.03. The van der Waals surface area contributed by atoms with E-state index in [2.05, 4.69) is 13.8 Å². The molecule has 0 aromatic heterocycles. The lowest BCUT2D eigenvalue weighted by atomic mass is 9.92. The van der Waals surface area contributed by atoms with Crippen molar-refractivity contribution in [1.82, 2.24) is 4.31 Å². The van der Waals surface area contributed by atoms with E-state index in [1.807, 2.05) is 19.1 Å². The van der Waals surface area contributed by atoms with E-state index in [4.69, 9.17) is 0 Å². The van der Waals surface area contributed by atoms with Crippen molar-refractivity contribution in [2.24, 2.45) is 0 Å². The molecule has 2 rings (SSSR count). The van der Waals surface area contributed by atoms with Gasteiger partial charge in [0, 0.05) is 12.1 Å². The molecular weight excluding hydrogens is 306 g/mol. The van der Waals surface area contributed by atoms with E-state index in [9.17, 15) is 8.42 Å². The molecule has 0 radical (unpaired) electrons. The van der Waals surface area contributed by atoms with Crippen LogP contribution >= 0.6 is 0 Å². The number of nitrogens with zero attached hydrogens (tertiary/aromatic N) is 1. The third-order valence-electron chi connectivity index (χ3n) is 5.11. The molecule has 0 aliphatic carbocycles. The van der Waals surface area contributed by atoms with Crippen LogP contribution < -0.4 is 0 Å². The van der Waals surface area contributed by atoms with Crippen molar-refractivity contribution in [2.75, 3.05) is 6.54 Å². The van der Waals surface area contributed by atoms with Crippen LogP contribution in [0.15, 0.2) is 29.2 Å². The first kappa shape index (κ1) is 18.5. The number of aryl methyl sites for hydroxylation is 1. The molecule has 0 saturated carbocycles. The minimum Gasteiger partial charge on any atom is -0.207 e. The van der Waals surface area contributed by atoms with Gasteiger partial charge < -0.3 is 0 Å². The van der Waals surface area contributed by atoms with Crippen LogP contribution in [-0.4, -0.2) is 24.8 Å². The second-order valence-electron chi connectivity index (χ2n) is 7.15. The van der Waals surface area contributed by atoms with Crippen molar-refractivity contribution in [3.8, 4) is 0 Å². The number of unbranched alkanes of at least 4 members (excludes halogenated alkanes) is 4. The van der Waals surface area contributed by atoms with Crippen LogP contribution in [0.2, 0.25) is 0 Å². The predicted molar refractivity (Wildman–Crippen MR) is 96.1 cm³/mol. The topological polar surface area (TPSA) is 37.4 Å². The Balaban J connectivity index is 2.08. The van der Waals surface area contributed by atoms with Crippen molar-refractivity contribution in [3.05, 3.63) is 29.8 Å². The van der Waals surface area contributed by atoms with Gasteiger partial charge in [-0.1, -0.05) is 56.7 Å². The SMILES string of the molecule is CCCCCCCC1(C)CCCN1S(=O)(=O)c1ccc(C)cc1. The molecule has 0 N–H and O–H groups in total. The van der Waals surface area contributed by atoms with E-state index >= 15 is 0 Å². The monoisotopic (exact) mass is 337 g/mol. The van der Waals surface area contributed by atoms with E-state index < -0.39 is 10.0 Å². The van der Waals surface area contributed by atoms with Gasteiger partial charge in [-0.2, -0.15) is 4.31 Å². The van der Waals surface area contributed by atoms with Gasteiger partial charge in [0.15, 0.2) is 0 Å². The van der Waals surface area contributed by atoms with E-state index in [0.29, 0.717) is 11.4 Å². The Bertz CT molecular complexity index is 594. The standard InChI is InChI=1S/C19H31NO2S/c1-4-5-6-7-8-14-19(3)15-9-16-20(19)23(21,22)18-12-10-17(2)11-13-18/h10-13H,4-9,14-16H2,1-3H3. The maximum Gasteiger partial charge on any atom is 0.243 e. The molecule has 1 saturated heterocycles. The van der Waals surface area contributed by atoms with E-state index in [1.54, 1.807) is 16.4 Å². The fourth-order valence-corrected chi connectivity index (χ4v) is 5.47. The van der Waals surface area contributed by atoms with Crippen LogP contribution in [0.25, 0.3) is 0 Å². The minimum absolute atomic E-state index is 0.212. The fourth-order valence-electron chi connectivity index (χ4n) is 3.60. The van der Waals surface area contributed by atoms with E-state index in [-0.39, 0.29) is 5.54 Å². The zero-order valence-corrected chi connectivity index (χ0v) is 15.7. The number of hydrogen-bond acceptors (Lipinski definition) is 2. The molecule has 0 amide bonds. The third kappa shape index (κ3) is 4.36. The Kier molecular flexibility index (Phi) is 6.26. The van der Waals surface area contributed by atoms with Gasteiger partial charge in [-0.15, -0.1) is 0 Å². The Hall–Kier alpha value is -0.870. The summed E-state index contributed by atoms with van der Waals surface area (Å²) in [5.74, 6) is 0. The largest absolute Gasteiger partial charge is 0.243 e. The first-order valence-corrected chi connectivity index (χ1v) is 10.4. The van der Waals surface area contributed by atoms with E-state index in [0.717, 1.165) is 31.2 Å². The molecule has 3 nitrogen and oxygen atoms in total. The van der Waals surface area contributed by atoms with Gasteiger partial charge in [0.2, 0.25) is 10.0 Å². The highest BCUT2D eigenvalue weighted by molar-refractivity contribution is 7.89. The minimum atomic E-state index is -3.38. The van der Waals surface area contributed by atoms with Gasteiger partial charge in [0.25, 0.3) is 0 Å². The third-order valence-corrected chi connectivity index (χ3v) is 7.18. The van der Waals surface area contributed by atoms with Crippen LogP contribution in [0.5, 0.6) is 0 Å². The molecule has 130 valence electrons. The van der Waals surface area contributed by atoms with Gasteiger partial charge in [-0.3, -0.25) is 0 Å². The van der Waals surface area contributed by atoms with Crippen molar-refractivity contribution in [2.45, 2.75) is 82.6 Å². The molecule has 1 fully saturated rings. The maximum absolute atomic E-state index is 13.0. The molecule has 1 aliphatic heterocycles. The summed E-state index contributed by atoms with van der Waals surface area (Å²) >= 11 is 0. The predicted octanol–water partition coefficient (Wildman–Crippen LogP) is 4.90. The summed E-state index contributed by atoms with van der Waals surface area (Å²) in [5, 5.41) is 0. The van der Waals surface area contributed by atoms with Crippen molar-refractivity contribution >= 4 is 10.0 Å². The van der Waals surface area contributed by atoms with Gasteiger partial charge in [-0.25, -0.2) is 8.42 Å². The molecule has 1 aromatic rings. The zero-order chi connectivity index (χ0) is 16.9. The first-order chi connectivity index (χ1) is 10.9. The lowest BCUT2D eigenvalue weighted by Gasteiger charge is -2.34. The molecular formula is C19H31NO2S. The number of hydrogen-bond donors (Lipinski definition) is 0. The second-order valence-corrected chi connectivity index (χ2v) is 9.02. The van der Waals surface area contributed by atoms with Gasteiger partial charge in [0.1, 0.15) is 0 Å². The number of sulfonamides is 1. The zero-order valence-electron chi connectivity index (χ0n) is 14.8. The lowest BCUT2D eigenvalue weighted by molar-refractivity contribution is 0.240. The molecule has 1 heterocycles. The molecule has 1 unspecified atom stereocenters. The highest BCUT2D eigenvalue weighted by atomic mass is 32.2. The van der Waals surface area contributed by atoms with Crippen molar-refractivity contribution in [1.29, 1.82) is 0 Å². The van der Waals surface area contributed by atoms with Gasteiger partial charge >= 0.3 is 0 Å². The molecule has 1 atom stereocenters. The van der Waals surface area contributed by atoms with Crippen LogP contribution in [0, 0.1) is 6.92 Å². The van der Waals surface area contributed by atoms with Crippen LogP contribution in [0.4, 0.5) is 0 Å². The Labute approximate surface area is 142 Å². The average Bonchev–Trinajstić information content (AvgIpc) is 2.90. The Morgan fingerprint density at radius 1 is 1.09 bits per heavy atom. The van der Waals surface area contributed by atoms with Crippen LogP contribution in [-0.2, 0) is 10.0 Å². The molecule has 4 heteroatoms. The highest BCUT2D eigenvalue weighted by Gasteiger charge is 2.43. The summed E-state index contributed by atoms with van der Waals surface area (Å²) in [6.45, 7) is 6.98. The van der Waals surface area contributed by atoms with Crippen LogP contribution in [0.1, 0.15) is 70.8 Å². The first-order valence-electron chi connectivity index (χ1n) is 9.00. The molecule has 1 aromatic carbocycles. The van der Waals surface area contributed by atoms with Crippen molar-refractivity contribution in [3.63, 3.8) is 0 Å². The Morgan fingerprint density at radius 2 is 1.74 bits per heavy atom. The average molecular weight is 338 g/mol. The summed E-state index contributed by atoms with van der Waals surface area (Å²) < 4.78 is 27.8. The molecule has 0 bridgehead atoms. The van der Waals surface area contributed by atoms with Gasteiger partial charge in [-0.05, 0) is 45.2 Å². The van der Waals surface area contributed by atoms with Crippen molar-refractivity contribution < 1.29 is 8.42 Å². The van der Waals surface area contributed by atoms with Gasteiger partial charge in [0.05, 0.1) is 4.90 Å². The smallest absolute Gasteiger partial charge is 0.207 e. The Morgan fingerprint density at radius 3 is 2.39 bits per heavy atom. The number of benzene rings is 1. The maximum atomic E-state index is 13.0. The second kappa shape index (κ2) is 7.80. The van der Waals surface area contributed by atoms with Crippen LogP contribution in [0.3, 0.4) is 0 Å². The summed E-state index contributed by atoms with van der Waals surface area (Å²) in [7, 11) is -3.38. The lowest BCUT2D eigenvalue weighted by Crippen LogP contribution is -2.44. The summed E-state index contributed by atoms with van der Waals surface area (Å²) in [4.78, 5) is 0.433. The molecule has 0 spiro atoms. The molecule has 1 aliphatic rings. The quantitative estimate of drug-likeness (QED) is 0.633. The molecule has 23 heavy (non-hydrogen) atoms. The summed E-state index contributed by atoms with van der Waals surface area (Å²) in [6, 6.07) is 7.24. The highest BCUT2D eigenvalue weighted by Crippen LogP contribution is 2.38. The summed E-state index contributed by atoms with van der Waals surface area (Å²) in [5.41, 5.74) is 0.875. The van der Waals surface area contributed by atoms with E-state index in [1.165, 1.54) is 25.7 Å². The fraction of sp³-hybridized carbons (Fsp3) is 0.684.